The third kappa shape index (κ3) is 2.41. The molecule has 84 valence electrons. The highest BCUT2D eigenvalue weighted by atomic mass is 19.4. The van der Waals surface area contributed by atoms with Crippen molar-refractivity contribution in [1.82, 2.24) is 0 Å². The van der Waals surface area contributed by atoms with Gasteiger partial charge in [0.2, 0.25) is 0 Å². The van der Waals surface area contributed by atoms with E-state index in [1.807, 2.05) is 0 Å². The minimum atomic E-state index is -4.40. The van der Waals surface area contributed by atoms with Gasteiger partial charge < -0.3 is 10.5 Å². The van der Waals surface area contributed by atoms with Gasteiger partial charge in [0.15, 0.2) is 0 Å². The minimum absolute atomic E-state index is 0.187. The van der Waals surface area contributed by atoms with Crippen LogP contribution >= 0.6 is 0 Å². The second-order valence-electron chi connectivity index (χ2n) is 3.18. The molecule has 1 aromatic rings. The molecule has 2 nitrogen and oxygen atoms in total. The molecular weight excluding hydrogens is 207 g/mol. The average molecular weight is 219 g/mol. The number of hydrogen-bond acceptors (Lipinski definition) is 2. The van der Waals surface area contributed by atoms with Crippen molar-refractivity contribution < 1.29 is 17.9 Å². The molecule has 0 aliphatic carbocycles. The molecule has 0 unspecified atom stereocenters. The van der Waals surface area contributed by atoms with Gasteiger partial charge in [-0.25, -0.2) is 0 Å². The van der Waals surface area contributed by atoms with Gasteiger partial charge in [0.25, 0.3) is 0 Å². The van der Waals surface area contributed by atoms with Crippen LogP contribution in [0.25, 0.3) is 0 Å². The van der Waals surface area contributed by atoms with Gasteiger partial charge in [-0.1, -0.05) is 0 Å². The highest BCUT2D eigenvalue weighted by Crippen LogP contribution is 2.37. The molecule has 1 aromatic carbocycles. The first kappa shape index (κ1) is 11.8. The van der Waals surface area contributed by atoms with Crippen molar-refractivity contribution in [1.29, 1.82) is 0 Å². The molecule has 15 heavy (non-hydrogen) atoms. The van der Waals surface area contributed by atoms with Crippen LogP contribution in [0.15, 0.2) is 12.1 Å². The van der Waals surface area contributed by atoms with Crippen LogP contribution in [0, 0.1) is 6.92 Å². The smallest absolute Gasteiger partial charge is 0.419 e. The topological polar surface area (TPSA) is 35.2 Å². The normalized spacial score (nSPS) is 11.6. The first-order valence-electron chi connectivity index (χ1n) is 4.35. The summed E-state index contributed by atoms with van der Waals surface area (Å²) in [4.78, 5) is 0. The average Bonchev–Trinajstić information content (AvgIpc) is 2.16. The van der Waals surface area contributed by atoms with Crippen LogP contribution in [0.1, 0.15) is 16.7 Å². The van der Waals surface area contributed by atoms with E-state index in [2.05, 4.69) is 0 Å². The maximum absolute atomic E-state index is 12.5. The van der Waals surface area contributed by atoms with Gasteiger partial charge in [0.05, 0.1) is 12.7 Å². The van der Waals surface area contributed by atoms with E-state index in [9.17, 15) is 13.2 Å². The van der Waals surface area contributed by atoms with Crippen molar-refractivity contribution in [3.8, 4) is 5.75 Å². The second kappa shape index (κ2) is 4.10. The number of rotatable bonds is 2. The predicted molar refractivity (Wildman–Crippen MR) is 50.6 cm³/mol. The summed E-state index contributed by atoms with van der Waals surface area (Å²) in [5.74, 6) is -0.187. The fourth-order valence-electron chi connectivity index (χ4n) is 1.34. The first-order chi connectivity index (χ1) is 6.90. The monoisotopic (exact) mass is 219 g/mol. The van der Waals surface area contributed by atoms with Gasteiger partial charge >= 0.3 is 6.18 Å². The molecule has 5 heteroatoms. The van der Waals surface area contributed by atoms with Gasteiger partial charge in [-0.05, 0) is 30.2 Å². The zero-order chi connectivity index (χ0) is 11.6. The van der Waals surface area contributed by atoms with E-state index < -0.39 is 11.7 Å². The standard InChI is InChI=1S/C10H12F3NO/c1-6-3-8(10(11,12)13)9(15-2)4-7(6)5-14/h3-4H,5,14H2,1-2H3. The van der Waals surface area contributed by atoms with E-state index in [4.69, 9.17) is 10.5 Å². The number of benzene rings is 1. The van der Waals surface area contributed by atoms with E-state index >= 15 is 0 Å². The van der Waals surface area contributed by atoms with Crippen LogP contribution in [-0.2, 0) is 12.7 Å². The van der Waals surface area contributed by atoms with E-state index in [1.54, 1.807) is 6.92 Å². The second-order valence-corrected chi connectivity index (χ2v) is 3.18. The predicted octanol–water partition coefficient (Wildman–Crippen LogP) is 2.48. The summed E-state index contributed by atoms with van der Waals surface area (Å²) in [5.41, 5.74) is 5.80. The van der Waals surface area contributed by atoms with E-state index in [-0.39, 0.29) is 12.3 Å². The Labute approximate surface area is 85.8 Å². The van der Waals surface area contributed by atoms with E-state index in [0.717, 1.165) is 6.07 Å². The molecule has 0 radical (unpaired) electrons. The molecular formula is C10H12F3NO. The Kier molecular flexibility index (Phi) is 3.24. The van der Waals surface area contributed by atoms with Crippen molar-refractivity contribution >= 4 is 0 Å². The van der Waals surface area contributed by atoms with Gasteiger partial charge in [0, 0.05) is 6.54 Å². The van der Waals surface area contributed by atoms with Crippen molar-refractivity contribution in [2.75, 3.05) is 7.11 Å². The van der Waals surface area contributed by atoms with Gasteiger partial charge in [0.1, 0.15) is 5.75 Å². The maximum atomic E-state index is 12.5. The van der Waals surface area contributed by atoms with Crippen LogP contribution < -0.4 is 10.5 Å². The highest BCUT2D eigenvalue weighted by Gasteiger charge is 2.34. The largest absolute Gasteiger partial charge is 0.496 e. The highest BCUT2D eigenvalue weighted by molar-refractivity contribution is 5.43. The zero-order valence-corrected chi connectivity index (χ0v) is 8.48. The Morgan fingerprint density at radius 3 is 2.33 bits per heavy atom. The number of halogens is 3. The number of nitrogens with two attached hydrogens (primary N) is 1. The van der Waals surface area contributed by atoms with Crippen molar-refractivity contribution in [2.45, 2.75) is 19.6 Å². The van der Waals surface area contributed by atoms with Gasteiger partial charge in [-0.15, -0.1) is 0 Å². The van der Waals surface area contributed by atoms with Crippen LogP contribution in [0.3, 0.4) is 0 Å². The number of methoxy groups -OCH3 is 1. The van der Waals surface area contributed by atoms with Gasteiger partial charge in [-0.2, -0.15) is 13.2 Å². The van der Waals surface area contributed by atoms with Crippen molar-refractivity contribution in [3.05, 3.63) is 28.8 Å². The third-order valence-corrected chi connectivity index (χ3v) is 2.18. The lowest BCUT2D eigenvalue weighted by Crippen LogP contribution is -2.10. The third-order valence-electron chi connectivity index (χ3n) is 2.18. The molecule has 0 fully saturated rings. The Morgan fingerprint density at radius 1 is 1.33 bits per heavy atom. The maximum Gasteiger partial charge on any atom is 0.419 e. The van der Waals surface area contributed by atoms with Crippen molar-refractivity contribution in [3.63, 3.8) is 0 Å². The number of aryl methyl sites for hydroxylation is 1. The Morgan fingerprint density at radius 2 is 1.93 bits per heavy atom. The summed E-state index contributed by atoms with van der Waals surface area (Å²) in [6, 6.07) is 2.39. The molecule has 2 N–H and O–H groups in total. The molecule has 0 bridgehead atoms. The molecule has 0 amide bonds. The quantitative estimate of drug-likeness (QED) is 0.829. The molecule has 0 spiro atoms. The number of ether oxygens (including phenoxy) is 1. The fraction of sp³-hybridized carbons (Fsp3) is 0.400. The SMILES string of the molecule is COc1cc(CN)c(C)cc1C(F)(F)F. The van der Waals surface area contributed by atoms with Gasteiger partial charge in [-0.3, -0.25) is 0 Å². The van der Waals surface area contributed by atoms with Crippen LogP contribution in [0.5, 0.6) is 5.75 Å². The lowest BCUT2D eigenvalue weighted by atomic mass is 10.0. The molecule has 0 aliphatic heterocycles. The fourth-order valence-corrected chi connectivity index (χ4v) is 1.34. The minimum Gasteiger partial charge on any atom is -0.496 e. The number of alkyl halides is 3. The van der Waals surface area contributed by atoms with E-state index in [0.29, 0.717) is 11.1 Å². The summed E-state index contributed by atoms with van der Waals surface area (Å²) >= 11 is 0. The van der Waals surface area contributed by atoms with Crippen LogP contribution in [0.4, 0.5) is 13.2 Å². The Bertz CT molecular complexity index is 360. The Balaban J connectivity index is 3.34. The Hall–Kier alpha value is -1.23. The molecule has 0 heterocycles. The summed E-state index contributed by atoms with van der Waals surface area (Å²) in [6.45, 7) is 1.79. The van der Waals surface area contributed by atoms with Crippen LogP contribution in [-0.4, -0.2) is 7.11 Å². The number of hydrogen-bond donors (Lipinski definition) is 1. The lowest BCUT2D eigenvalue weighted by molar-refractivity contribution is -0.138. The lowest BCUT2D eigenvalue weighted by Gasteiger charge is -2.14. The first-order valence-corrected chi connectivity index (χ1v) is 4.35. The molecule has 0 atom stereocenters. The summed E-state index contributed by atoms with van der Waals surface area (Å²) < 4.78 is 42.3. The molecule has 0 saturated carbocycles. The molecule has 0 aliphatic rings. The summed E-state index contributed by atoms with van der Waals surface area (Å²) in [5, 5.41) is 0. The van der Waals surface area contributed by atoms with Crippen LogP contribution in [0.2, 0.25) is 0 Å². The molecule has 0 saturated heterocycles. The molecule has 0 aromatic heterocycles. The molecule has 1 rings (SSSR count). The summed E-state index contributed by atoms with van der Waals surface area (Å²) in [7, 11) is 1.21. The van der Waals surface area contributed by atoms with E-state index in [1.165, 1.54) is 13.2 Å². The zero-order valence-electron chi connectivity index (χ0n) is 8.48. The summed E-state index contributed by atoms with van der Waals surface area (Å²) in [6.07, 6.45) is -4.40. The van der Waals surface area contributed by atoms with Crippen molar-refractivity contribution in [2.24, 2.45) is 5.73 Å².